The van der Waals surface area contributed by atoms with E-state index < -0.39 is 5.54 Å². The van der Waals surface area contributed by atoms with Crippen LogP contribution in [-0.4, -0.2) is 10.1 Å². The third-order valence-corrected chi connectivity index (χ3v) is 4.86. The molecular weight excluding hydrogens is 337 g/mol. The second-order valence-corrected chi connectivity index (χ2v) is 6.39. The average molecular weight is 354 g/mol. The van der Waals surface area contributed by atoms with Crippen molar-refractivity contribution in [1.82, 2.24) is 10.1 Å². The Labute approximate surface area is 131 Å². The minimum atomic E-state index is -0.530. The zero-order chi connectivity index (χ0) is 14.9. The first-order valence-corrected chi connectivity index (χ1v) is 7.97. The van der Waals surface area contributed by atoms with Crippen LogP contribution in [0.1, 0.15) is 44.3 Å². The van der Waals surface area contributed by atoms with Gasteiger partial charge in [-0.3, -0.25) is 0 Å². The standard InChI is InChI=1S/C15H17BrFN3O/c16-12-10(6-5-7-11(12)17)13-19-14(20-21-13)15(18)8-3-1-2-4-9-15/h5-7H,1-4,8-9,18H2. The van der Waals surface area contributed by atoms with Gasteiger partial charge < -0.3 is 10.3 Å². The molecule has 0 saturated heterocycles. The van der Waals surface area contributed by atoms with Crippen LogP contribution in [-0.2, 0) is 5.54 Å². The topological polar surface area (TPSA) is 64.9 Å². The Kier molecular flexibility index (Phi) is 4.08. The Bertz CT molecular complexity index is 636. The van der Waals surface area contributed by atoms with E-state index in [0.717, 1.165) is 25.7 Å². The Morgan fingerprint density at radius 1 is 1.19 bits per heavy atom. The summed E-state index contributed by atoms with van der Waals surface area (Å²) in [6.07, 6.45) is 6.25. The maximum atomic E-state index is 13.6. The highest BCUT2D eigenvalue weighted by Gasteiger charge is 2.33. The van der Waals surface area contributed by atoms with E-state index in [9.17, 15) is 4.39 Å². The number of hydrogen-bond acceptors (Lipinski definition) is 4. The molecule has 2 N–H and O–H groups in total. The molecule has 0 bridgehead atoms. The van der Waals surface area contributed by atoms with Gasteiger partial charge in [-0.05, 0) is 40.9 Å². The molecule has 21 heavy (non-hydrogen) atoms. The zero-order valence-corrected chi connectivity index (χ0v) is 13.2. The molecule has 1 heterocycles. The average Bonchev–Trinajstić information content (AvgIpc) is 2.86. The van der Waals surface area contributed by atoms with Gasteiger partial charge in [0.15, 0.2) is 5.82 Å². The van der Waals surface area contributed by atoms with E-state index in [2.05, 4.69) is 26.1 Å². The van der Waals surface area contributed by atoms with Crippen molar-refractivity contribution >= 4 is 15.9 Å². The van der Waals surface area contributed by atoms with Crippen LogP contribution in [0.15, 0.2) is 27.2 Å². The molecule has 2 aromatic rings. The van der Waals surface area contributed by atoms with E-state index in [1.807, 2.05) is 0 Å². The lowest BCUT2D eigenvalue weighted by Gasteiger charge is -2.23. The van der Waals surface area contributed by atoms with Crippen LogP contribution in [0.2, 0.25) is 0 Å². The highest BCUT2D eigenvalue weighted by atomic mass is 79.9. The van der Waals surface area contributed by atoms with Crippen LogP contribution in [0.5, 0.6) is 0 Å². The SMILES string of the molecule is NC1(c2noc(-c3cccc(F)c3Br)n2)CCCCCC1. The lowest BCUT2D eigenvalue weighted by Crippen LogP contribution is -2.37. The van der Waals surface area contributed by atoms with Crippen molar-refractivity contribution in [2.75, 3.05) is 0 Å². The van der Waals surface area contributed by atoms with E-state index in [1.54, 1.807) is 12.1 Å². The van der Waals surface area contributed by atoms with Gasteiger partial charge in [0.2, 0.25) is 0 Å². The van der Waals surface area contributed by atoms with Gasteiger partial charge in [-0.1, -0.05) is 36.9 Å². The fourth-order valence-electron chi connectivity index (χ4n) is 2.79. The maximum absolute atomic E-state index is 13.6. The molecule has 0 atom stereocenters. The first-order chi connectivity index (χ1) is 10.1. The molecule has 1 aromatic heterocycles. The fraction of sp³-hybridized carbons (Fsp3) is 0.467. The molecular formula is C15H17BrFN3O. The van der Waals surface area contributed by atoms with E-state index in [4.69, 9.17) is 10.3 Å². The number of halogens is 2. The molecule has 1 saturated carbocycles. The first kappa shape index (κ1) is 14.7. The van der Waals surface area contributed by atoms with E-state index in [0.29, 0.717) is 21.8 Å². The number of rotatable bonds is 2. The summed E-state index contributed by atoms with van der Waals surface area (Å²) in [6, 6.07) is 4.73. The van der Waals surface area contributed by atoms with Crippen molar-refractivity contribution in [3.63, 3.8) is 0 Å². The van der Waals surface area contributed by atoms with Crippen molar-refractivity contribution in [3.05, 3.63) is 34.3 Å². The normalized spacial score (nSPS) is 18.4. The first-order valence-electron chi connectivity index (χ1n) is 7.18. The molecule has 0 amide bonds. The molecule has 0 unspecified atom stereocenters. The lowest BCUT2D eigenvalue weighted by atomic mass is 9.91. The summed E-state index contributed by atoms with van der Waals surface area (Å²) in [5.41, 5.74) is 6.49. The molecule has 3 rings (SSSR count). The highest BCUT2D eigenvalue weighted by molar-refractivity contribution is 9.10. The van der Waals surface area contributed by atoms with Crippen molar-refractivity contribution < 1.29 is 8.91 Å². The second kappa shape index (κ2) is 5.85. The predicted molar refractivity (Wildman–Crippen MR) is 81.0 cm³/mol. The van der Waals surface area contributed by atoms with E-state index >= 15 is 0 Å². The number of nitrogens with two attached hydrogens (primary N) is 1. The van der Waals surface area contributed by atoms with Crippen molar-refractivity contribution in [2.24, 2.45) is 5.73 Å². The van der Waals surface area contributed by atoms with Crippen LogP contribution in [0, 0.1) is 5.82 Å². The third-order valence-electron chi connectivity index (χ3n) is 4.05. The molecule has 1 aromatic carbocycles. The Balaban J connectivity index is 1.94. The summed E-state index contributed by atoms with van der Waals surface area (Å²) in [5.74, 6) is 0.463. The number of hydrogen-bond donors (Lipinski definition) is 1. The van der Waals surface area contributed by atoms with Gasteiger partial charge in [0, 0.05) is 0 Å². The largest absolute Gasteiger partial charge is 0.334 e. The monoisotopic (exact) mass is 353 g/mol. The van der Waals surface area contributed by atoms with Crippen molar-refractivity contribution in [2.45, 2.75) is 44.1 Å². The molecule has 0 aliphatic heterocycles. The summed E-state index contributed by atoms with van der Waals surface area (Å²) < 4.78 is 19.2. The summed E-state index contributed by atoms with van der Waals surface area (Å²) in [6.45, 7) is 0. The van der Waals surface area contributed by atoms with E-state index in [1.165, 1.54) is 18.9 Å². The van der Waals surface area contributed by atoms with Gasteiger partial charge in [0.25, 0.3) is 5.89 Å². The number of benzene rings is 1. The Morgan fingerprint density at radius 3 is 2.62 bits per heavy atom. The predicted octanol–water partition coefficient (Wildman–Crippen LogP) is 4.15. The van der Waals surface area contributed by atoms with Gasteiger partial charge in [-0.15, -0.1) is 0 Å². The third kappa shape index (κ3) is 2.87. The van der Waals surface area contributed by atoms with Crippen LogP contribution in [0.3, 0.4) is 0 Å². The summed E-state index contributed by atoms with van der Waals surface area (Å²) in [4.78, 5) is 4.42. The zero-order valence-electron chi connectivity index (χ0n) is 11.6. The number of aromatic nitrogens is 2. The quantitative estimate of drug-likeness (QED) is 0.823. The molecule has 112 valence electrons. The lowest BCUT2D eigenvalue weighted by molar-refractivity contribution is 0.334. The Hall–Kier alpha value is -1.27. The van der Waals surface area contributed by atoms with Crippen LogP contribution >= 0.6 is 15.9 Å². The van der Waals surface area contributed by atoms with Gasteiger partial charge >= 0.3 is 0 Å². The number of nitrogens with zero attached hydrogens (tertiary/aromatic N) is 2. The van der Waals surface area contributed by atoms with E-state index in [-0.39, 0.29) is 5.82 Å². The van der Waals surface area contributed by atoms with Gasteiger partial charge in [-0.25, -0.2) is 4.39 Å². The molecule has 1 aliphatic carbocycles. The van der Waals surface area contributed by atoms with Gasteiger partial charge in [-0.2, -0.15) is 4.98 Å². The maximum Gasteiger partial charge on any atom is 0.259 e. The van der Waals surface area contributed by atoms with Crippen LogP contribution in [0.4, 0.5) is 4.39 Å². The highest BCUT2D eigenvalue weighted by Crippen LogP contribution is 2.34. The molecule has 0 spiro atoms. The van der Waals surface area contributed by atoms with Crippen molar-refractivity contribution in [1.29, 1.82) is 0 Å². The van der Waals surface area contributed by atoms with Gasteiger partial charge in [0.1, 0.15) is 5.82 Å². The van der Waals surface area contributed by atoms with Gasteiger partial charge in [0.05, 0.1) is 15.6 Å². The summed E-state index contributed by atoms with van der Waals surface area (Å²) in [5, 5.41) is 4.05. The molecule has 1 fully saturated rings. The summed E-state index contributed by atoms with van der Waals surface area (Å²) in [7, 11) is 0. The van der Waals surface area contributed by atoms with Crippen LogP contribution < -0.4 is 5.73 Å². The van der Waals surface area contributed by atoms with Crippen LogP contribution in [0.25, 0.3) is 11.5 Å². The smallest absolute Gasteiger partial charge is 0.259 e. The second-order valence-electron chi connectivity index (χ2n) is 5.59. The molecule has 6 heteroatoms. The Morgan fingerprint density at radius 2 is 1.90 bits per heavy atom. The molecule has 4 nitrogen and oxygen atoms in total. The molecule has 0 radical (unpaired) electrons. The minimum absolute atomic E-state index is 0.297. The summed E-state index contributed by atoms with van der Waals surface area (Å²) >= 11 is 3.21. The fourth-order valence-corrected chi connectivity index (χ4v) is 3.22. The minimum Gasteiger partial charge on any atom is -0.334 e. The molecule has 1 aliphatic rings. The van der Waals surface area contributed by atoms with Crippen molar-refractivity contribution in [3.8, 4) is 11.5 Å².